The maximum Gasteiger partial charge on any atom is 0.233 e. The number of rotatable bonds is 2. The van der Waals surface area contributed by atoms with Crippen LogP contribution in [0.3, 0.4) is 0 Å². The molecule has 0 fully saturated rings. The molecule has 3 aromatic carbocycles. The molecular weight excluding hydrogens is 372 g/mol. The SMILES string of the molecule is O=C(c1ccccc1)c1ccc(O)c(O)c1O.O=C1C=Cc2ccccc2C1=O. The van der Waals surface area contributed by atoms with E-state index >= 15 is 0 Å². The summed E-state index contributed by atoms with van der Waals surface area (Å²) in [6.45, 7) is 0. The zero-order valence-corrected chi connectivity index (χ0v) is 15.1. The average Bonchev–Trinajstić information content (AvgIpc) is 2.76. The number of phenolic OH excluding ortho intramolecular Hbond substituents is 3. The van der Waals surface area contributed by atoms with Gasteiger partial charge in [0.25, 0.3) is 0 Å². The molecule has 0 bridgehead atoms. The van der Waals surface area contributed by atoms with Crippen LogP contribution in [0, 0.1) is 0 Å². The molecule has 29 heavy (non-hydrogen) atoms. The Hall–Kier alpha value is -4.19. The van der Waals surface area contributed by atoms with E-state index in [9.17, 15) is 24.6 Å². The summed E-state index contributed by atoms with van der Waals surface area (Å²) in [5, 5.41) is 28.1. The smallest absolute Gasteiger partial charge is 0.233 e. The van der Waals surface area contributed by atoms with Gasteiger partial charge in [0.05, 0.1) is 5.56 Å². The molecule has 0 atom stereocenters. The van der Waals surface area contributed by atoms with E-state index in [0.717, 1.165) is 11.6 Å². The first-order chi connectivity index (χ1) is 13.9. The Morgan fingerprint density at radius 1 is 0.690 bits per heavy atom. The highest BCUT2D eigenvalue weighted by Gasteiger charge is 2.19. The Kier molecular flexibility index (Phi) is 5.55. The van der Waals surface area contributed by atoms with Crippen molar-refractivity contribution in [3.8, 4) is 17.2 Å². The van der Waals surface area contributed by atoms with Crippen LogP contribution in [-0.4, -0.2) is 32.7 Å². The van der Waals surface area contributed by atoms with Crippen LogP contribution in [0.4, 0.5) is 0 Å². The molecule has 0 radical (unpaired) electrons. The summed E-state index contributed by atoms with van der Waals surface area (Å²) >= 11 is 0. The van der Waals surface area contributed by atoms with Crippen molar-refractivity contribution in [2.24, 2.45) is 0 Å². The van der Waals surface area contributed by atoms with Crippen molar-refractivity contribution in [1.29, 1.82) is 0 Å². The fourth-order valence-corrected chi connectivity index (χ4v) is 2.72. The fourth-order valence-electron chi connectivity index (χ4n) is 2.72. The van der Waals surface area contributed by atoms with Gasteiger partial charge in [0, 0.05) is 11.1 Å². The molecule has 3 N–H and O–H groups in total. The van der Waals surface area contributed by atoms with Gasteiger partial charge >= 0.3 is 0 Å². The second-order valence-corrected chi connectivity index (χ2v) is 6.14. The van der Waals surface area contributed by atoms with Crippen LogP contribution >= 0.6 is 0 Å². The molecular formula is C23H16O6. The largest absolute Gasteiger partial charge is 0.504 e. The first-order valence-electron chi connectivity index (χ1n) is 8.59. The maximum absolute atomic E-state index is 12.0. The summed E-state index contributed by atoms with van der Waals surface area (Å²) in [5.74, 6) is -3.03. The monoisotopic (exact) mass is 388 g/mol. The standard InChI is InChI=1S/C13H10O4.C10H6O2/c14-10-7-6-9(12(16)13(10)17)11(15)8-4-2-1-3-5-8;11-9-6-5-7-3-1-2-4-8(7)10(9)12/h1-7,14,16-17H;1-6H. The van der Waals surface area contributed by atoms with Crippen molar-refractivity contribution < 1.29 is 29.7 Å². The van der Waals surface area contributed by atoms with Crippen LogP contribution in [0.1, 0.15) is 31.8 Å². The number of ketones is 3. The first kappa shape index (κ1) is 19.6. The molecule has 0 saturated heterocycles. The van der Waals surface area contributed by atoms with Crippen molar-refractivity contribution in [3.05, 3.63) is 95.1 Å². The Bertz CT molecular complexity index is 1130. The van der Waals surface area contributed by atoms with E-state index in [1.807, 2.05) is 12.1 Å². The van der Waals surface area contributed by atoms with Crippen LogP contribution in [-0.2, 0) is 4.79 Å². The van der Waals surface area contributed by atoms with Crippen molar-refractivity contribution in [1.82, 2.24) is 0 Å². The van der Waals surface area contributed by atoms with Crippen LogP contribution in [0.2, 0.25) is 0 Å². The maximum atomic E-state index is 12.0. The number of Topliss-reactive ketones (excluding diaryl/α,β-unsaturated/α-hetero) is 1. The summed E-state index contributed by atoms with van der Waals surface area (Å²) in [6, 6.07) is 17.9. The summed E-state index contributed by atoms with van der Waals surface area (Å²) in [5.41, 5.74) is 1.67. The number of hydrogen-bond donors (Lipinski definition) is 3. The molecule has 1 aliphatic carbocycles. The molecule has 1 aliphatic rings. The molecule has 6 nitrogen and oxygen atoms in total. The minimum absolute atomic E-state index is 0.0495. The lowest BCUT2D eigenvalue weighted by Crippen LogP contribution is -2.15. The van der Waals surface area contributed by atoms with Gasteiger partial charge in [-0.1, -0.05) is 60.7 Å². The van der Waals surface area contributed by atoms with Gasteiger partial charge in [-0.05, 0) is 23.8 Å². The molecule has 3 aromatic rings. The number of carbonyl (C=O) groups excluding carboxylic acids is 3. The van der Waals surface area contributed by atoms with E-state index in [1.54, 1.807) is 48.5 Å². The molecule has 0 spiro atoms. The molecule has 0 unspecified atom stereocenters. The number of allylic oxidation sites excluding steroid dienone is 1. The highest BCUT2D eigenvalue weighted by Crippen LogP contribution is 2.37. The van der Waals surface area contributed by atoms with Gasteiger partial charge in [-0.2, -0.15) is 0 Å². The van der Waals surface area contributed by atoms with E-state index in [0.29, 0.717) is 11.1 Å². The molecule has 144 valence electrons. The van der Waals surface area contributed by atoms with Gasteiger partial charge in [0.15, 0.2) is 17.3 Å². The Balaban J connectivity index is 0.000000176. The van der Waals surface area contributed by atoms with E-state index in [-0.39, 0.29) is 5.56 Å². The molecule has 0 heterocycles. The van der Waals surface area contributed by atoms with Crippen LogP contribution in [0.25, 0.3) is 6.08 Å². The zero-order valence-electron chi connectivity index (χ0n) is 15.1. The fraction of sp³-hybridized carbons (Fsp3) is 0. The third-order valence-electron chi connectivity index (χ3n) is 4.25. The summed E-state index contributed by atoms with van der Waals surface area (Å²) in [4.78, 5) is 34.1. The van der Waals surface area contributed by atoms with Crippen molar-refractivity contribution in [3.63, 3.8) is 0 Å². The summed E-state index contributed by atoms with van der Waals surface area (Å²) in [6.07, 6.45) is 2.98. The van der Waals surface area contributed by atoms with Gasteiger partial charge in [0.1, 0.15) is 0 Å². The topological polar surface area (TPSA) is 112 Å². The Labute approximate surface area is 166 Å². The molecule has 0 amide bonds. The predicted molar refractivity (Wildman–Crippen MR) is 106 cm³/mol. The van der Waals surface area contributed by atoms with Crippen LogP contribution in [0.5, 0.6) is 17.2 Å². The van der Waals surface area contributed by atoms with Gasteiger partial charge in [0.2, 0.25) is 17.3 Å². The number of phenols is 3. The lowest BCUT2D eigenvalue weighted by atomic mass is 9.96. The minimum Gasteiger partial charge on any atom is -0.504 e. The average molecular weight is 388 g/mol. The number of aromatic hydroxyl groups is 3. The van der Waals surface area contributed by atoms with Gasteiger partial charge in [-0.25, -0.2) is 0 Å². The first-order valence-corrected chi connectivity index (χ1v) is 8.59. The Morgan fingerprint density at radius 2 is 1.34 bits per heavy atom. The van der Waals surface area contributed by atoms with E-state index in [4.69, 9.17) is 5.11 Å². The second kappa shape index (κ2) is 8.22. The lowest BCUT2D eigenvalue weighted by molar-refractivity contribution is -0.110. The molecule has 0 saturated carbocycles. The molecule has 0 aliphatic heterocycles. The van der Waals surface area contributed by atoms with Crippen molar-refractivity contribution in [2.45, 2.75) is 0 Å². The normalized spacial score (nSPS) is 12.0. The predicted octanol–water partition coefficient (Wildman–Crippen LogP) is 3.50. The minimum atomic E-state index is -0.688. The molecule has 4 rings (SSSR count). The third kappa shape index (κ3) is 4.06. The van der Waals surface area contributed by atoms with Crippen molar-refractivity contribution >= 4 is 23.4 Å². The highest BCUT2D eigenvalue weighted by atomic mass is 16.3. The number of benzene rings is 3. The number of fused-ring (bicyclic) bond motifs is 1. The van der Waals surface area contributed by atoms with E-state index < -0.39 is 34.6 Å². The Morgan fingerprint density at radius 3 is 2.07 bits per heavy atom. The van der Waals surface area contributed by atoms with E-state index in [2.05, 4.69) is 0 Å². The lowest BCUT2D eigenvalue weighted by Gasteiger charge is -2.06. The molecule has 0 aromatic heterocycles. The third-order valence-corrected chi connectivity index (χ3v) is 4.25. The van der Waals surface area contributed by atoms with E-state index in [1.165, 1.54) is 12.1 Å². The van der Waals surface area contributed by atoms with Gasteiger partial charge in [-0.3, -0.25) is 14.4 Å². The van der Waals surface area contributed by atoms with Crippen molar-refractivity contribution in [2.75, 3.05) is 0 Å². The quantitative estimate of drug-likeness (QED) is 0.352. The van der Waals surface area contributed by atoms with Gasteiger partial charge in [-0.15, -0.1) is 0 Å². The number of carbonyl (C=O) groups is 3. The number of hydrogen-bond acceptors (Lipinski definition) is 6. The van der Waals surface area contributed by atoms with Gasteiger partial charge < -0.3 is 15.3 Å². The van der Waals surface area contributed by atoms with Crippen LogP contribution in [0.15, 0.2) is 72.8 Å². The second-order valence-electron chi connectivity index (χ2n) is 6.14. The molecule has 6 heteroatoms. The highest BCUT2D eigenvalue weighted by molar-refractivity contribution is 6.49. The summed E-state index contributed by atoms with van der Waals surface area (Å²) < 4.78 is 0. The summed E-state index contributed by atoms with van der Waals surface area (Å²) in [7, 11) is 0. The zero-order chi connectivity index (χ0) is 21.0. The van der Waals surface area contributed by atoms with Crippen LogP contribution < -0.4 is 0 Å².